The van der Waals surface area contributed by atoms with Gasteiger partial charge in [0.25, 0.3) is 0 Å². The third kappa shape index (κ3) is 9.55. The summed E-state index contributed by atoms with van der Waals surface area (Å²) in [5.74, 6) is 1.62. The van der Waals surface area contributed by atoms with Crippen molar-refractivity contribution in [3.8, 4) is 0 Å². The molecule has 3 heteroatoms. The van der Waals surface area contributed by atoms with Crippen LogP contribution in [0.5, 0.6) is 0 Å². The largest absolute Gasteiger partial charge is 0.0810 e. The van der Waals surface area contributed by atoms with Gasteiger partial charge in [0.2, 0.25) is 0 Å². The molecule has 0 fully saturated rings. The molecule has 0 N–H and O–H groups in total. The molecule has 0 aliphatic heterocycles. The molecular weight excluding hydrogens is 585 g/mol. The molecular formula is C35H38P2Rh. The molecule has 2 aliphatic carbocycles. The fraction of sp³-hybridized carbons (Fsp3) is 0.200. The van der Waals surface area contributed by atoms with E-state index in [1.807, 2.05) is 0 Å². The zero-order valence-corrected chi connectivity index (χ0v) is 25.8. The molecule has 0 saturated heterocycles. The van der Waals surface area contributed by atoms with E-state index in [1.54, 1.807) is 0 Å². The van der Waals surface area contributed by atoms with E-state index >= 15 is 0 Å². The molecule has 2 bridgehead atoms. The van der Waals surface area contributed by atoms with Crippen molar-refractivity contribution in [2.75, 3.05) is 0 Å². The number of fused-ring (bicyclic) bond motifs is 2. The number of hydrogen-bond donors (Lipinski definition) is 0. The van der Waals surface area contributed by atoms with Gasteiger partial charge in [-0.1, -0.05) is 168 Å². The van der Waals surface area contributed by atoms with Crippen LogP contribution in [-0.4, -0.2) is 5.66 Å². The van der Waals surface area contributed by atoms with Gasteiger partial charge in [0, 0.05) is 19.5 Å². The van der Waals surface area contributed by atoms with E-state index in [0.29, 0.717) is 0 Å². The molecule has 38 heavy (non-hydrogen) atoms. The Labute approximate surface area is 246 Å². The molecule has 1 atom stereocenters. The Morgan fingerprint density at radius 3 is 1.24 bits per heavy atom. The van der Waals surface area contributed by atoms with Gasteiger partial charge < -0.3 is 0 Å². The number of allylic oxidation sites excluding steroid dienone is 4. The maximum atomic E-state index is 2.37. The molecule has 0 aromatic heterocycles. The predicted molar refractivity (Wildman–Crippen MR) is 169 cm³/mol. The van der Waals surface area contributed by atoms with Crippen molar-refractivity contribution in [1.29, 1.82) is 0 Å². The summed E-state index contributed by atoms with van der Waals surface area (Å²) in [6.07, 6.45) is 11.8. The van der Waals surface area contributed by atoms with E-state index in [4.69, 9.17) is 0 Å². The molecule has 0 saturated carbocycles. The summed E-state index contributed by atoms with van der Waals surface area (Å²) in [6, 6.07) is 43.0. The first-order valence-corrected chi connectivity index (χ1v) is 15.8. The second-order valence-corrected chi connectivity index (χ2v) is 13.5. The summed E-state index contributed by atoms with van der Waals surface area (Å²) in [5.41, 5.74) is 0.731. The predicted octanol–water partition coefficient (Wildman–Crippen LogP) is 7.98. The van der Waals surface area contributed by atoms with Crippen LogP contribution >= 0.6 is 16.5 Å². The van der Waals surface area contributed by atoms with Gasteiger partial charge in [0.1, 0.15) is 0 Å². The Kier molecular flexibility index (Phi) is 13.4. The Bertz CT molecular complexity index is 1120. The third-order valence-electron chi connectivity index (χ3n) is 6.69. The third-order valence-corrected chi connectivity index (χ3v) is 10.9. The van der Waals surface area contributed by atoms with Crippen molar-refractivity contribution in [2.45, 2.75) is 32.3 Å². The zero-order chi connectivity index (χ0) is 25.7. The van der Waals surface area contributed by atoms with E-state index in [2.05, 4.69) is 159 Å². The minimum absolute atomic E-state index is 0. The van der Waals surface area contributed by atoms with Crippen molar-refractivity contribution >= 4 is 37.7 Å². The molecule has 1 unspecified atom stereocenters. The molecule has 0 nitrogen and oxygen atoms in total. The molecule has 197 valence electrons. The van der Waals surface area contributed by atoms with Crippen LogP contribution in [0.1, 0.15) is 26.7 Å². The molecule has 0 spiro atoms. The van der Waals surface area contributed by atoms with Crippen LogP contribution < -0.4 is 21.2 Å². The second kappa shape index (κ2) is 16.7. The quantitative estimate of drug-likeness (QED) is 0.116. The van der Waals surface area contributed by atoms with Crippen LogP contribution in [0.25, 0.3) is 0 Å². The van der Waals surface area contributed by atoms with Gasteiger partial charge in [-0.15, -0.1) is 0 Å². The first-order valence-electron chi connectivity index (χ1n) is 13.4. The fourth-order valence-electron chi connectivity index (χ4n) is 4.56. The number of benzene rings is 4. The van der Waals surface area contributed by atoms with Crippen LogP contribution in [0.3, 0.4) is 0 Å². The summed E-state index contributed by atoms with van der Waals surface area (Å²) >= 11 is 0. The second-order valence-electron chi connectivity index (χ2n) is 9.49. The number of rotatable bonds is 6. The molecule has 4 aromatic carbocycles. The summed E-state index contributed by atoms with van der Waals surface area (Å²) in [6.45, 7) is 4.65. The summed E-state index contributed by atoms with van der Waals surface area (Å²) in [4.78, 5) is 0. The van der Waals surface area contributed by atoms with Gasteiger partial charge >= 0.3 is 0 Å². The minimum atomic E-state index is -0.212. The van der Waals surface area contributed by atoms with Gasteiger partial charge in [0.05, 0.1) is 0 Å². The summed E-state index contributed by atoms with van der Waals surface area (Å²) < 4.78 is 0. The van der Waals surface area contributed by atoms with E-state index in [-0.39, 0.29) is 27.4 Å². The molecule has 0 heterocycles. The Balaban J connectivity index is 0.000000168. The Hall–Kier alpha value is -2.16. The Morgan fingerprint density at radius 1 is 0.605 bits per heavy atom. The van der Waals surface area contributed by atoms with E-state index in [9.17, 15) is 0 Å². The monoisotopic (exact) mass is 623 g/mol. The van der Waals surface area contributed by atoms with Gasteiger partial charge in [-0.2, -0.15) is 0 Å². The smallest absolute Gasteiger partial charge is 0 e. The van der Waals surface area contributed by atoms with Crippen LogP contribution in [0.4, 0.5) is 0 Å². The first-order chi connectivity index (χ1) is 18.2. The number of hydrogen-bond acceptors (Lipinski definition) is 0. The van der Waals surface area contributed by atoms with Crippen molar-refractivity contribution in [2.24, 2.45) is 11.8 Å². The van der Waals surface area contributed by atoms with E-state index in [1.165, 1.54) is 34.1 Å². The van der Waals surface area contributed by atoms with Crippen LogP contribution in [0.2, 0.25) is 0 Å². The SMILES string of the molecule is C1=CC2C=CC1C2.CCC(C)P(c1ccccc1)c1ccccc1.[Rh].c1ccc(Pc2ccccc2)cc1. The summed E-state index contributed by atoms with van der Waals surface area (Å²) in [5, 5.41) is 5.77. The van der Waals surface area contributed by atoms with Crippen molar-refractivity contribution in [1.82, 2.24) is 0 Å². The molecule has 1 radical (unpaired) electrons. The molecule has 6 rings (SSSR count). The normalized spacial score (nSPS) is 17.0. The maximum absolute atomic E-state index is 2.37. The molecule has 0 amide bonds. The zero-order valence-electron chi connectivity index (χ0n) is 22.3. The molecule has 2 aliphatic rings. The average molecular weight is 624 g/mol. The van der Waals surface area contributed by atoms with Crippen LogP contribution in [0, 0.1) is 11.8 Å². The summed E-state index contributed by atoms with van der Waals surface area (Å²) in [7, 11) is 0.565. The van der Waals surface area contributed by atoms with Gasteiger partial charge in [-0.25, -0.2) is 0 Å². The van der Waals surface area contributed by atoms with Crippen LogP contribution in [0.15, 0.2) is 146 Å². The maximum Gasteiger partial charge on any atom is 0 e. The van der Waals surface area contributed by atoms with Crippen molar-refractivity contribution in [3.05, 3.63) is 146 Å². The van der Waals surface area contributed by atoms with E-state index < -0.39 is 0 Å². The first kappa shape index (κ1) is 30.4. The van der Waals surface area contributed by atoms with Crippen molar-refractivity contribution < 1.29 is 19.5 Å². The van der Waals surface area contributed by atoms with E-state index in [0.717, 1.165) is 26.1 Å². The van der Waals surface area contributed by atoms with Crippen LogP contribution in [-0.2, 0) is 19.5 Å². The van der Waals surface area contributed by atoms with Gasteiger partial charge in [-0.3, -0.25) is 0 Å². The standard InChI is InChI=1S/C16H19P.C12H11P.C7H8.Rh/c1-3-14(2)17(15-10-6-4-7-11-15)16-12-8-5-9-13-16;1-3-7-11(8-4-1)13-12-9-5-2-6-10-12;1-2-7-4-3-6(1)5-7;/h4-14H,3H2,1-2H3;1-10,13H;1-4,6-7H,5H2;. The average Bonchev–Trinajstić information content (AvgIpc) is 3.63. The van der Waals surface area contributed by atoms with Crippen molar-refractivity contribution in [3.63, 3.8) is 0 Å². The Morgan fingerprint density at radius 2 is 0.947 bits per heavy atom. The molecule has 4 aromatic rings. The topological polar surface area (TPSA) is 0 Å². The van der Waals surface area contributed by atoms with Gasteiger partial charge in [-0.05, 0) is 59.5 Å². The minimum Gasteiger partial charge on any atom is -0.0810 e. The fourth-order valence-corrected chi connectivity index (χ4v) is 8.27. The van der Waals surface area contributed by atoms with Gasteiger partial charge in [0.15, 0.2) is 0 Å².